The third-order valence-electron chi connectivity index (χ3n) is 4.94. The molecule has 1 saturated carbocycles. The van der Waals surface area contributed by atoms with Gasteiger partial charge >= 0.3 is 0 Å². The molecule has 0 aromatic rings. The minimum Gasteiger partial charge on any atom is -0.393 e. The molecule has 0 spiro atoms. The standard InChI is InChI=1S/C16H30N2O2/c1-10(2)16(20)17-15-7-14(12(4)19)8-18(9-15)11(3)13-5-6-13/h10-15,19H,5-9H2,1-4H3,(H,17,20). The van der Waals surface area contributed by atoms with Crippen molar-refractivity contribution < 1.29 is 9.90 Å². The van der Waals surface area contributed by atoms with Gasteiger partial charge in [0.25, 0.3) is 0 Å². The summed E-state index contributed by atoms with van der Waals surface area (Å²) in [6.07, 6.45) is 3.26. The van der Waals surface area contributed by atoms with E-state index in [4.69, 9.17) is 0 Å². The van der Waals surface area contributed by atoms with Gasteiger partial charge in [0.2, 0.25) is 5.91 Å². The van der Waals surface area contributed by atoms with Crippen LogP contribution in [0.5, 0.6) is 0 Å². The molecular formula is C16H30N2O2. The van der Waals surface area contributed by atoms with Crippen molar-refractivity contribution >= 4 is 5.91 Å². The van der Waals surface area contributed by atoms with Crippen LogP contribution in [0, 0.1) is 17.8 Å². The van der Waals surface area contributed by atoms with E-state index in [0.717, 1.165) is 25.4 Å². The molecule has 0 bridgehead atoms. The van der Waals surface area contributed by atoms with Crippen molar-refractivity contribution in [3.8, 4) is 0 Å². The maximum Gasteiger partial charge on any atom is 0.222 e. The quantitative estimate of drug-likeness (QED) is 0.806. The molecule has 1 saturated heterocycles. The Hall–Kier alpha value is -0.610. The lowest BCUT2D eigenvalue weighted by Crippen LogP contribution is -2.55. The predicted molar refractivity (Wildman–Crippen MR) is 80.3 cm³/mol. The highest BCUT2D eigenvalue weighted by molar-refractivity contribution is 5.78. The van der Waals surface area contributed by atoms with Crippen LogP contribution in [-0.2, 0) is 4.79 Å². The number of hydrogen-bond acceptors (Lipinski definition) is 3. The van der Waals surface area contributed by atoms with Gasteiger partial charge in [-0.3, -0.25) is 9.69 Å². The summed E-state index contributed by atoms with van der Waals surface area (Å²) in [6.45, 7) is 9.91. The van der Waals surface area contributed by atoms with Crippen molar-refractivity contribution in [3.63, 3.8) is 0 Å². The maximum atomic E-state index is 11.9. The summed E-state index contributed by atoms with van der Waals surface area (Å²) >= 11 is 0. The molecule has 1 amide bonds. The summed E-state index contributed by atoms with van der Waals surface area (Å²) in [5.74, 6) is 1.24. The lowest BCUT2D eigenvalue weighted by molar-refractivity contribution is -0.125. The molecule has 0 aromatic carbocycles. The number of amides is 1. The van der Waals surface area contributed by atoms with Crippen molar-refractivity contribution in [2.24, 2.45) is 17.8 Å². The van der Waals surface area contributed by atoms with E-state index in [1.165, 1.54) is 12.8 Å². The minimum absolute atomic E-state index is 0.0243. The molecule has 20 heavy (non-hydrogen) atoms. The van der Waals surface area contributed by atoms with E-state index in [9.17, 15) is 9.90 Å². The molecule has 4 unspecified atom stereocenters. The lowest BCUT2D eigenvalue weighted by atomic mass is 9.88. The molecule has 0 radical (unpaired) electrons. The number of carbonyl (C=O) groups excluding carboxylic acids is 1. The fourth-order valence-corrected chi connectivity index (χ4v) is 3.20. The number of carbonyl (C=O) groups is 1. The number of rotatable bonds is 5. The average Bonchev–Trinajstić information content (AvgIpc) is 3.21. The van der Waals surface area contributed by atoms with Gasteiger partial charge < -0.3 is 10.4 Å². The minimum atomic E-state index is -0.303. The number of nitrogens with one attached hydrogen (secondary N) is 1. The number of nitrogens with zero attached hydrogens (tertiary/aromatic N) is 1. The number of hydrogen-bond donors (Lipinski definition) is 2. The van der Waals surface area contributed by atoms with Crippen LogP contribution in [0.4, 0.5) is 0 Å². The average molecular weight is 282 g/mol. The van der Waals surface area contributed by atoms with Crippen molar-refractivity contribution in [2.75, 3.05) is 13.1 Å². The third-order valence-corrected chi connectivity index (χ3v) is 4.94. The van der Waals surface area contributed by atoms with Crippen LogP contribution in [0.15, 0.2) is 0 Å². The molecule has 116 valence electrons. The van der Waals surface area contributed by atoms with Crippen molar-refractivity contribution in [1.29, 1.82) is 0 Å². The van der Waals surface area contributed by atoms with Gasteiger partial charge in [0, 0.05) is 31.1 Å². The summed E-state index contributed by atoms with van der Waals surface area (Å²) < 4.78 is 0. The van der Waals surface area contributed by atoms with Gasteiger partial charge in [-0.1, -0.05) is 13.8 Å². The fourth-order valence-electron chi connectivity index (χ4n) is 3.20. The van der Waals surface area contributed by atoms with E-state index >= 15 is 0 Å². The summed E-state index contributed by atoms with van der Waals surface area (Å²) in [6, 6.07) is 0.759. The highest BCUT2D eigenvalue weighted by Gasteiger charge is 2.38. The van der Waals surface area contributed by atoms with Gasteiger partial charge in [-0.2, -0.15) is 0 Å². The highest BCUT2D eigenvalue weighted by atomic mass is 16.3. The zero-order valence-corrected chi connectivity index (χ0v) is 13.3. The lowest BCUT2D eigenvalue weighted by Gasteiger charge is -2.42. The van der Waals surface area contributed by atoms with Crippen LogP contribution >= 0.6 is 0 Å². The normalized spacial score (nSPS) is 31.1. The van der Waals surface area contributed by atoms with Crippen molar-refractivity contribution in [1.82, 2.24) is 10.2 Å². The SMILES string of the molecule is CC(C)C(=O)NC1CC(C(C)O)CN(C(C)C2CC2)C1. The molecule has 2 N–H and O–H groups in total. The zero-order valence-electron chi connectivity index (χ0n) is 13.3. The maximum absolute atomic E-state index is 11.9. The molecule has 2 aliphatic rings. The second kappa shape index (κ2) is 6.44. The number of aliphatic hydroxyl groups excluding tert-OH is 1. The van der Waals surface area contributed by atoms with Crippen LogP contribution in [0.1, 0.15) is 47.0 Å². The van der Waals surface area contributed by atoms with Gasteiger partial charge in [-0.25, -0.2) is 0 Å². The van der Waals surface area contributed by atoms with Gasteiger partial charge in [0.15, 0.2) is 0 Å². The van der Waals surface area contributed by atoms with E-state index < -0.39 is 0 Å². The second-order valence-corrected chi connectivity index (χ2v) is 7.13. The smallest absolute Gasteiger partial charge is 0.222 e. The molecule has 1 aliphatic carbocycles. The van der Waals surface area contributed by atoms with Gasteiger partial charge in [0.1, 0.15) is 0 Å². The summed E-state index contributed by atoms with van der Waals surface area (Å²) in [7, 11) is 0. The van der Waals surface area contributed by atoms with Crippen LogP contribution in [0.2, 0.25) is 0 Å². The molecule has 0 aromatic heterocycles. The first-order valence-corrected chi connectivity index (χ1v) is 8.11. The topological polar surface area (TPSA) is 52.6 Å². The van der Waals surface area contributed by atoms with E-state index in [0.29, 0.717) is 6.04 Å². The summed E-state index contributed by atoms with van der Waals surface area (Å²) in [4.78, 5) is 14.4. The Bertz CT molecular complexity index is 339. The Morgan fingerprint density at radius 3 is 2.30 bits per heavy atom. The van der Waals surface area contributed by atoms with Crippen molar-refractivity contribution in [3.05, 3.63) is 0 Å². The molecule has 1 aliphatic heterocycles. The van der Waals surface area contributed by atoms with Crippen LogP contribution in [0.25, 0.3) is 0 Å². The molecule has 4 atom stereocenters. The third kappa shape index (κ3) is 3.95. The Kier molecular flexibility index (Phi) is 5.08. The van der Waals surface area contributed by atoms with Gasteiger partial charge in [-0.15, -0.1) is 0 Å². The highest BCUT2D eigenvalue weighted by Crippen LogP contribution is 2.36. The van der Waals surface area contributed by atoms with Crippen LogP contribution in [0.3, 0.4) is 0 Å². The summed E-state index contributed by atoms with van der Waals surface area (Å²) in [5.41, 5.74) is 0. The van der Waals surface area contributed by atoms with E-state index in [1.807, 2.05) is 20.8 Å². The van der Waals surface area contributed by atoms with E-state index in [2.05, 4.69) is 17.1 Å². The van der Waals surface area contributed by atoms with Crippen molar-refractivity contribution in [2.45, 2.75) is 65.1 Å². The number of aliphatic hydroxyl groups is 1. The first-order chi connectivity index (χ1) is 9.38. The van der Waals surface area contributed by atoms with E-state index in [-0.39, 0.29) is 29.9 Å². The predicted octanol–water partition coefficient (Wildman–Crippen LogP) is 1.63. The molecule has 1 heterocycles. The van der Waals surface area contributed by atoms with Crippen LogP contribution in [-0.4, -0.2) is 47.2 Å². The molecule has 4 heteroatoms. The molecule has 2 rings (SSSR count). The Morgan fingerprint density at radius 2 is 1.80 bits per heavy atom. The monoisotopic (exact) mass is 282 g/mol. The second-order valence-electron chi connectivity index (χ2n) is 7.13. The number of likely N-dealkylation sites (tertiary alicyclic amines) is 1. The fraction of sp³-hybridized carbons (Fsp3) is 0.938. The first-order valence-electron chi connectivity index (χ1n) is 8.11. The van der Waals surface area contributed by atoms with Gasteiger partial charge in [-0.05, 0) is 44.9 Å². The molecule has 4 nitrogen and oxygen atoms in total. The zero-order chi connectivity index (χ0) is 14.9. The summed E-state index contributed by atoms with van der Waals surface area (Å²) in [5, 5.41) is 13.1. The Balaban J connectivity index is 1.98. The van der Waals surface area contributed by atoms with Gasteiger partial charge in [0.05, 0.1) is 6.10 Å². The Morgan fingerprint density at radius 1 is 1.15 bits per heavy atom. The molecular weight excluding hydrogens is 252 g/mol. The first kappa shape index (κ1) is 15.8. The number of piperidine rings is 1. The van der Waals surface area contributed by atoms with Crippen LogP contribution < -0.4 is 5.32 Å². The largest absolute Gasteiger partial charge is 0.393 e. The van der Waals surface area contributed by atoms with E-state index in [1.54, 1.807) is 0 Å². The molecule has 2 fully saturated rings. The Labute approximate surface area is 122 Å².